The van der Waals surface area contributed by atoms with Crippen LogP contribution in [0, 0.1) is 5.82 Å². The quantitative estimate of drug-likeness (QED) is 0.425. The summed E-state index contributed by atoms with van der Waals surface area (Å²) in [5.41, 5.74) is 0.0106. The van der Waals surface area contributed by atoms with E-state index in [9.17, 15) is 28.0 Å². The summed E-state index contributed by atoms with van der Waals surface area (Å²) in [6.07, 6.45) is -1.28. The van der Waals surface area contributed by atoms with Crippen molar-refractivity contribution < 1.29 is 32.7 Å². The molecule has 0 aliphatic carbocycles. The smallest absolute Gasteiger partial charge is 0.408 e. The Bertz CT molecular complexity index is 1500. The van der Waals surface area contributed by atoms with Crippen LogP contribution < -0.4 is 10.6 Å². The predicted molar refractivity (Wildman–Crippen MR) is 149 cm³/mol. The highest BCUT2D eigenvalue weighted by molar-refractivity contribution is 6.30. The number of rotatable bonds is 6. The van der Waals surface area contributed by atoms with Crippen molar-refractivity contribution in [2.75, 3.05) is 6.54 Å². The number of alkyl halides is 1. The molecular weight excluding hydrogens is 558 g/mol. The molecule has 0 bridgehead atoms. The average Bonchev–Trinajstić information content (AvgIpc) is 3.48. The molecule has 0 spiro atoms. The Morgan fingerprint density at radius 2 is 1.83 bits per heavy atom. The summed E-state index contributed by atoms with van der Waals surface area (Å²) in [6.45, 7) is 5.69. The molecule has 1 aliphatic heterocycles. The molecule has 1 fully saturated rings. The number of hydrogen-bond donors (Lipinski definition) is 2. The van der Waals surface area contributed by atoms with Crippen molar-refractivity contribution in [3.8, 4) is 0 Å². The van der Waals surface area contributed by atoms with Crippen LogP contribution in [0.25, 0.3) is 10.9 Å². The maximum atomic E-state index is 14.7. The van der Waals surface area contributed by atoms with Crippen LogP contribution in [-0.2, 0) is 20.9 Å². The van der Waals surface area contributed by atoms with Gasteiger partial charge >= 0.3 is 6.09 Å². The standard InChI is InChI=1S/C29H31ClF2N4O5/c1-16(37)35-15-20(19-9-5-6-11-22(19)35)25(34-28(40)41-29(2,3)4)27(39)36-14-18(31)12-23(36)26(38)33-13-17-8-7-10-21(30)24(17)32/h5-11,15,18,23,25H,12-14H2,1-4H3,(H,33,38)(H,34,40)/t18-,23+,25?/m1/s1. The molecule has 1 aromatic heterocycles. The van der Waals surface area contributed by atoms with Crippen LogP contribution in [0.1, 0.15) is 56.1 Å². The summed E-state index contributed by atoms with van der Waals surface area (Å²) in [4.78, 5) is 53.5. The topological polar surface area (TPSA) is 110 Å². The van der Waals surface area contributed by atoms with E-state index in [2.05, 4.69) is 10.6 Å². The Balaban J connectivity index is 1.67. The van der Waals surface area contributed by atoms with Crippen molar-refractivity contribution in [3.63, 3.8) is 0 Å². The van der Waals surface area contributed by atoms with Crippen LogP contribution in [-0.4, -0.2) is 57.6 Å². The van der Waals surface area contributed by atoms with E-state index in [0.717, 1.165) is 4.90 Å². The van der Waals surface area contributed by atoms with Gasteiger partial charge in [0.2, 0.25) is 11.8 Å². The third kappa shape index (κ3) is 6.67. The third-order valence-electron chi connectivity index (χ3n) is 6.62. The molecule has 0 saturated carbocycles. The Kier molecular flexibility index (Phi) is 8.67. The van der Waals surface area contributed by atoms with Gasteiger partial charge in [-0.2, -0.15) is 0 Å². The van der Waals surface area contributed by atoms with Gasteiger partial charge in [0.25, 0.3) is 5.91 Å². The van der Waals surface area contributed by atoms with Gasteiger partial charge in [0.05, 0.1) is 17.1 Å². The summed E-state index contributed by atoms with van der Waals surface area (Å²) in [5, 5.41) is 5.51. The normalized spacial score (nSPS) is 17.8. The molecule has 3 atom stereocenters. The van der Waals surface area contributed by atoms with E-state index >= 15 is 0 Å². The number of para-hydroxylation sites is 1. The Labute approximate surface area is 240 Å². The van der Waals surface area contributed by atoms with Gasteiger partial charge in [0.1, 0.15) is 29.7 Å². The second-order valence-electron chi connectivity index (χ2n) is 10.8. The number of aromatic nitrogens is 1. The van der Waals surface area contributed by atoms with Gasteiger partial charge in [-0.15, -0.1) is 0 Å². The van der Waals surface area contributed by atoms with Crippen LogP contribution in [0.5, 0.6) is 0 Å². The molecule has 12 heteroatoms. The molecule has 0 radical (unpaired) electrons. The van der Waals surface area contributed by atoms with Gasteiger partial charge in [-0.05, 0) is 32.9 Å². The predicted octanol–water partition coefficient (Wildman–Crippen LogP) is 4.92. The molecule has 3 amide bonds. The molecule has 1 aliphatic rings. The number of amides is 3. The number of ether oxygens (including phenoxy) is 1. The first-order valence-corrected chi connectivity index (χ1v) is 13.4. The molecule has 218 valence electrons. The first-order valence-electron chi connectivity index (χ1n) is 13.0. The molecule has 1 unspecified atom stereocenters. The minimum Gasteiger partial charge on any atom is -0.444 e. The molecule has 2 N–H and O–H groups in total. The monoisotopic (exact) mass is 588 g/mol. The van der Waals surface area contributed by atoms with Gasteiger partial charge in [-0.3, -0.25) is 19.0 Å². The fraction of sp³-hybridized carbons (Fsp3) is 0.379. The number of hydrogen-bond acceptors (Lipinski definition) is 5. The highest BCUT2D eigenvalue weighted by Crippen LogP contribution is 2.31. The average molecular weight is 589 g/mol. The zero-order valence-corrected chi connectivity index (χ0v) is 23.8. The van der Waals surface area contributed by atoms with E-state index in [0.29, 0.717) is 10.9 Å². The zero-order valence-electron chi connectivity index (χ0n) is 23.0. The fourth-order valence-electron chi connectivity index (χ4n) is 4.82. The van der Waals surface area contributed by atoms with Crippen LogP contribution in [0.15, 0.2) is 48.7 Å². The summed E-state index contributed by atoms with van der Waals surface area (Å²) < 4.78 is 35.8. The SMILES string of the molecule is CC(=O)n1cc(C(NC(=O)OC(C)(C)C)C(=O)N2C[C@H](F)C[C@H]2C(=O)NCc2cccc(Cl)c2F)c2ccccc21. The highest BCUT2D eigenvalue weighted by Gasteiger charge is 2.43. The Hall–Kier alpha value is -3.99. The van der Waals surface area contributed by atoms with E-state index in [4.69, 9.17) is 16.3 Å². The maximum absolute atomic E-state index is 14.7. The van der Waals surface area contributed by atoms with Crippen molar-refractivity contribution >= 4 is 46.3 Å². The van der Waals surface area contributed by atoms with Gasteiger partial charge in [0, 0.05) is 42.6 Å². The second kappa shape index (κ2) is 11.9. The number of likely N-dealkylation sites (tertiary alicyclic amines) is 1. The summed E-state index contributed by atoms with van der Waals surface area (Å²) >= 11 is 5.82. The lowest BCUT2D eigenvalue weighted by Crippen LogP contribution is -2.50. The molecule has 2 aromatic carbocycles. The van der Waals surface area contributed by atoms with E-state index in [-0.39, 0.29) is 35.0 Å². The fourth-order valence-corrected chi connectivity index (χ4v) is 5.02. The van der Waals surface area contributed by atoms with Crippen LogP contribution in [0.2, 0.25) is 5.02 Å². The molecule has 2 heterocycles. The Morgan fingerprint density at radius 1 is 1.12 bits per heavy atom. The highest BCUT2D eigenvalue weighted by atomic mass is 35.5. The number of fused-ring (bicyclic) bond motifs is 1. The van der Waals surface area contributed by atoms with Crippen LogP contribution in [0.4, 0.5) is 13.6 Å². The van der Waals surface area contributed by atoms with Crippen molar-refractivity contribution in [3.05, 3.63) is 70.6 Å². The number of benzene rings is 2. The van der Waals surface area contributed by atoms with E-state index in [1.807, 2.05) is 0 Å². The lowest BCUT2D eigenvalue weighted by atomic mass is 10.0. The summed E-state index contributed by atoms with van der Waals surface area (Å²) in [6, 6.07) is 8.51. The molecule has 3 aromatic rings. The molecule has 1 saturated heterocycles. The minimum absolute atomic E-state index is 0.112. The second-order valence-corrected chi connectivity index (χ2v) is 11.2. The lowest BCUT2D eigenvalue weighted by Gasteiger charge is -2.29. The number of carbonyl (C=O) groups excluding carboxylic acids is 4. The van der Waals surface area contributed by atoms with E-state index < -0.39 is 54.1 Å². The van der Waals surface area contributed by atoms with E-state index in [1.165, 1.54) is 35.9 Å². The number of carbonyl (C=O) groups is 4. The largest absolute Gasteiger partial charge is 0.444 e. The first-order chi connectivity index (χ1) is 19.3. The first kappa shape index (κ1) is 30.0. The molecule has 4 rings (SSSR count). The molecule has 41 heavy (non-hydrogen) atoms. The lowest BCUT2D eigenvalue weighted by molar-refractivity contribution is -0.140. The Morgan fingerprint density at radius 3 is 2.51 bits per heavy atom. The summed E-state index contributed by atoms with van der Waals surface area (Å²) in [7, 11) is 0. The van der Waals surface area contributed by atoms with Gasteiger partial charge < -0.3 is 20.3 Å². The zero-order chi connectivity index (χ0) is 30.1. The molecular formula is C29H31ClF2N4O5. The van der Waals surface area contributed by atoms with Gasteiger partial charge in [0.15, 0.2) is 0 Å². The van der Waals surface area contributed by atoms with Crippen molar-refractivity contribution in [1.29, 1.82) is 0 Å². The number of nitrogens with one attached hydrogen (secondary N) is 2. The summed E-state index contributed by atoms with van der Waals surface area (Å²) in [5.74, 6) is -2.48. The van der Waals surface area contributed by atoms with Crippen molar-refractivity contribution in [1.82, 2.24) is 20.1 Å². The third-order valence-corrected chi connectivity index (χ3v) is 6.91. The van der Waals surface area contributed by atoms with Crippen molar-refractivity contribution in [2.24, 2.45) is 0 Å². The van der Waals surface area contributed by atoms with Crippen LogP contribution >= 0.6 is 11.6 Å². The van der Waals surface area contributed by atoms with Crippen LogP contribution in [0.3, 0.4) is 0 Å². The number of alkyl carbamates (subject to hydrolysis) is 1. The maximum Gasteiger partial charge on any atom is 0.408 e. The molecule has 9 nitrogen and oxygen atoms in total. The van der Waals surface area contributed by atoms with Gasteiger partial charge in [-0.25, -0.2) is 13.6 Å². The van der Waals surface area contributed by atoms with Crippen molar-refractivity contribution in [2.45, 2.75) is 64.5 Å². The van der Waals surface area contributed by atoms with E-state index in [1.54, 1.807) is 45.0 Å². The number of nitrogens with zero attached hydrogens (tertiary/aromatic N) is 2. The van der Waals surface area contributed by atoms with Gasteiger partial charge in [-0.1, -0.05) is 41.9 Å². The number of halogens is 3. The minimum atomic E-state index is -1.52.